The van der Waals surface area contributed by atoms with Crippen LogP contribution in [-0.2, 0) is 10.8 Å². The SMILES string of the molecule is CC(C)(C)c1cc(/C=N\NC(=O)c2cccs2)cc(C(C)(C)C)c1O. The number of carbonyl (C=O) groups excluding carboxylic acids is 1. The predicted molar refractivity (Wildman–Crippen MR) is 105 cm³/mol. The van der Waals surface area contributed by atoms with Crippen LogP contribution in [0.1, 0.15) is 67.9 Å². The van der Waals surface area contributed by atoms with E-state index in [0.717, 1.165) is 16.7 Å². The van der Waals surface area contributed by atoms with E-state index in [4.69, 9.17) is 0 Å². The molecule has 25 heavy (non-hydrogen) atoms. The molecule has 4 nitrogen and oxygen atoms in total. The number of hydrogen-bond acceptors (Lipinski definition) is 4. The molecule has 2 rings (SSSR count). The zero-order valence-electron chi connectivity index (χ0n) is 15.7. The molecule has 1 amide bonds. The number of benzene rings is 1. The Bertz CT molecular complexity index is 744. The molecule has 1 heterocycles. The highest BCUT2D eigenvalue weighted by molar-refractivity contribution is 7.12. The number of nitrogens with zero attached hydrogens (tertiary/aromatic N) is 1. The number of aromatic hydroxyl groups is 1. The first-order chi connectivity index (χ1) is 11.5. The summed E-state index contributed by atoms with van der Waals surface area (Å²) in [6.07, 6.45) is 1.62. The molecule has 0 saturated heterocycles. The smallest absolute Gasteiger partial charge is 0.281 e. The lowest BCUT2D eigenvalue weighted by Gasteiger charge is -2.27. The molecule has 0 fully saturated rings. The van der Waals surface area contributed by atoms with E-state index in [0.29, 0.717) is 10.6 Å². The number of nitrogens with one attached hydrogen (secondary N) is 1. The van der Waals surface area contributed by atoms with Crippen LogP contribution in [0, 0.1) is 0 Å². The largest absolute Gasteiger partial charge is 0.507 e. The molecular formula is C20H26N2O2S. The van der Waals surface area contributed by atoms with Crippen molar-refractivity contribution in [1.82, 2.24) is 5.43 Å². The van der Waals surface area contributed by atoms with Gasteiger partial charge in [-0.15, -0.1) is 11.3 Å². The standard InChI is InChI=1S/C20H26N2O2S/c1-19(2,3)14-10-13(11-15(17(14)23)20(4,5)6)12-21-22-18(24)16-8-7-9-25-16/h7-12,23H,1-6H3,(H,22,24)/b21-12-. The third kappa shape index (κ3) is 4.69. The fourth-order valence-electron chi connectivity index (χ4n) is 2.50. The Morgan fingerprint density at radius 3 is 2.12 bits per heavy atom. The minimum absolute atomic E-state index is 0.200. The molecule has 1 aromatic carbocycles. The number of rotatable bonds is 3. The molecular weight excluding hydrogens is 332 g/mol. The van der Waals surface area contributed by atoms with Gasteiger partial charge in [0.2, 0.25) is 0 Å². The minimum atomic E-state index is -0.225. The van der Waals surface area contributed by atoms with Gasteiger partial charge in [0.25, 0.3) is 5.91 Å². The van der Waals surface area contributed by atoms with E-state index < -0.39 is 0 Å². The predicted octanol–water partition coefficient (Wildman–Crippen LogP) is 4.81. The number of thiophene rings is 1. The highest BCUT2D eigenvalue weighted by Gasteiger charge is 2.26. The van der Waals surface area contributed by atoms with E-state index in [-0.39, 0.29) is 16.7 Å². The first kappa shape index (κ1) is 19.2. The highest BCUT2D eigenvalue weighted by atomic mass is 32.1. The summed E-state index contributed by atoms with van der Waals surface area (Å²) in [6.45, 7) is 12.4. The highest BCUT2D eigenvalue weighted by Crippen LogP contribution is 2.39. The first-order valence-corrected chi connectivity index (χ1v) is 9.13. The van der Waals surface area contributed by atoms with E-state index in [1.807, 2.05) is 23.6 Å². The Balaban J connectivity index is 2.34. The van der Waals surface area contributed by atoms with Crippen LogP contribution in [0.4, 0.5) is 0 Å². The van der Waals surface area contributed by atoms with Crippen molar-refractivity contribution in [2.75, 3.05) is 0 Å². The Morgan fingerprint density at radius 1 is 1.12 bits per heavy atom. The summed E-state index contributed by atoms with van der Waals surface area (Å²) in [7, 11) is 0. The van der Waals surface area contributed by atoms with Crippen LogP contribution in [-0.4, -0.2) is 17.2 Å². The van der Waals surface area contributed by atoms with E-state index in [1.165, 1.54) is 11.3 Å². The maximum absolute atomic E-state index is 11.9. The van der Waals surface area contributed by atoms with Crippen molar-refractivity contribution in [3.05, 3.63) is 51.2 Å². The molecule has 0 aliphatic rings. The molecule has 2 aromatic rings. The summed E-state index contributed by atoms with van der Waals surface area (Å²) in [6, 6.07) is 7.43. The summed E-state index contributed by atoms with van der Waals surface area (Å²) >= 11 is 1.37. The molecule has 2 N–H and O–H groups in total. The lowest BCUT2D eigenvalue weighted by atomic mass is 9.78. The normalized spacial score (nSPS) is 12.6. The molecule has 1 aromatic heterocycles. The quantitative estimate of drug-likeness (QED) is 0.611. The van der Waals surface area contributed by atoms with E-state index >= 15 is 0 Å². The number of hydrogen-bond donors (Lipinski definition) is 2. The molecule has 0 aliphatic carbocycles. The molecule has 134 valence electrons. The fraction of sp³-hybridized carbons (Fsp3) is 0.400. The Hall–Kier alpha value is -2.14. The molecule has 0 bridgehead atoms. The van der Waals surface area contributed by atoms with Gasteiger partial charge in [-0.2, -0.15) is 5.10 Å². The molecule has 0 aliphatic heterocycles. The van der Waals surface area contributed by atoms with Gasteiger partial charge in [0.05, 0.1) is 11.1 Å². The number of phenols is 1. The third-order valence-electron chi connectivity index (χ3n) is 3.87. The zero-order valence-corrected chi connectivity index (χ0v) is 16.5. The van der Waals surface area contributed by atoms with E-state index in [1.54, 1.807) is 12.3 Å². The van der Waals surface area contributed by atoms with Crippen molar-refractivity contribution in [2.24, 2.45) is 5.10 Å². The van der Waals surface area contributed by atoms with Gasteiger partial charge in [0.1, 0.15) is 5.75 Å². The van der Waals surface area contributed by atoms with Gasteiger partial charge in [0.15, 0.2) is 0 Å². The van der Waals surface area contributed by atoms with Gasteiger partial charge in [0, 0.05) is 11.1 Å². The Morgan fingerprint density at radius 2 is 1.68 bits per heavy atom. The number of phenolic OH excluding ortho intramolecular Hbond substituents is 1. The maximum atomic E-state index is 11.9. The average Bonchev–Trinajstić information content (AvgIpc) is 3.00. The van der Waals surface area contributed by atoms with Crippen LogP contribution in [0.3, 0.4) is 0 Å². The van der Waals surface area contributed by atoms with Gasteiger partial charge >= 0.3 is 0 Å². The summed E-state index contributed by atoms with van der Waals surface area (Å²) in [5.74, 6) is 0.108. The van der Waals surface area contributed by atoms with Crippen LogP contribution in [0.2, 0.25) is 0 Å². The average molecular weight is 359 g/mol. The van der Waals surface area contributed by atoms with Crippen LogP contribution < -0.4 is 5.43 Å². The minimum Gasteiger partial charge on any atom is -0.507 e. The lowest BCUT2D eigenvalue weighted by Crippen LogP contribution is -2.18. The van der Waals surface area contributed by atoms with Gasteiger partial charge < -0.3 is 5.11 Å². The summed E-state index contributed by atoms with van der Waals surface area (Å²) in [4.78, 5) is 12.6. The number of hydrazone groups is 1. The van der Waals surface area contributed by atoms with E-state index in [9.17, 15) is 9.90 Å². The summed E-state index contributed by atoms with van der Waals surface area (Å²) in [5, 5.41) is 16.6. The van der Waals surface area contributed by atoms with Crippen molar-refractivity contribution in [3.63, 3.8) is 0 Å². The monoisotopic (exact) mass is 358 g/mol. The van der Waals surface area contributed by atoms with Gasteiger partial charge in [-0.1, -0.05) is 47.6 Å². The van der Waals surface area contributed by atoms with Gasteiger partial charge in [-0.3, -0.25) is 4.79 Å². The van der Waals surface area contributed by atoms with Crippen molar-refractivity contribution in [1.29, 1.82) is 0 Å². The van der Waals surface area contributed by atoms with Crippen LogP contribution in [0.25, 0.3) is 0 Å². The maximum Gasteiger partial charge on any atom is 0.281 e. The second-order valence-corrected chi connectivity index (χ2v) is 9.09. The van der Waals surface area contributed by atoms with Crippen LogP contribution >= 0.6 is 11.3 Å². The van der Waals surface area contributed by atoms with E-state index in [2.05, 4.69) is 52.1 Å². The van der Waals surface area contributed by atoms with Gasteiger partial charge in [-0.05, 0) is 40.0 Å². The summed E-state index contributed by atoms with van der Waals surface area (Å²) < 4.78 is 0. The Labute approximate surface area is 153 Å². The molecule has 0 radical (unpaired) electrons. The van der Waals surface area contributed by atoms with Crippen molar-refractivity contribution >= 4 is 23.5 Å². The molecule has 0 atom stereocenters. The molecule has 0 saturated carbocycles. The number of amides is 1. The number of carbonyl (C=O) groups is 1. The summed E-state index contributed by atoms with van der Waals surface area (Å²) in [5.41, 5.74) is 4.72. The lowest BCUT2D eigenvalue weighted by molar-refractivity contribution is 0.0959. The van der Waals surface area contributed by atoms with Crippen molar-refractivity contribution < 1.29 is 9.90 Å². The molecule has 5 heteroatoms. The third-order valence-corrected chi connectivity index (χ3v) is 4.74. The van der Waals surface area contributed by atoms with Crippen LogP contribution in [0.5, 0.6) is 5.75 Å². The molecule has 0 spiro atoms. The topological polar surface area (TPSA) is 61.7 Å². The Kier molecular flexibility index (Phi) is 5.37. The van der Waals surface area contributed by atoms with Crippen molar-refractivity contribution in [3.8, 4) is 5.75 Å². The van der Waals surface area contributed by atoms with Crippen LogP contribution in [0.15, 0.2) is 34.7 Å². The fourth-order valence-corrected chi connectivity index (χ4v) is 3.12. The zero-order chi connectivity index (χ0) is 18.8. The molecule has 0 unspecified atom stereocenters. The van der Waals surface area contributed by atoms with Crippen molar-refractivity contribution in [2.45, 2.75) is 52.4 Å². The first-order valence-electron chi connectivity index (χ1n) is 8.25. The second kappa shape index (κ2) is 7.00. The van der Waals surface area contributed by atoms with Gasteiger partial charge in [-0.25, -0.2) is 5.43 Å². The second-order valence-electron chi connectivity index (χ2n) is 8.14.